The molecule has 23 heavy (non-hydrogen) atoms. The van der Waals surface area contributed by atoms with Crippen molar-refractivity contribution in [3.63, 3.8) is 0 Å². The Balaban J connectivity index is 2.02. The number of benzene rings is 1. The summed E-state index contributed by atoms with van der Waals surface area (Å²) in [6.45, 7) is 9.49. The van der Waals surface area contributed by atoms with E-state index in [9.17, 15) is 4.79 Å². The minimum Gasteiger partial charge on any atom is -0.462 e. The van der Waals surface area contributed by atoms with E-state index in [1.54, 1.807) is 0 Å². The summed E-state index contributed by atoms with van der Waals surface area (Å²) in [5.74, 6) is 1.12. The highest BCUT2D eigenvalue weighted by molar-refractivity contribution is 6.05. The number of hydrogen-bond acceptors (Lipinski definition) is 4. The molecule has 0 spiro atoms. The van der Waals surface area contributed by atoms with Crippen LogP contribution in [0.5, 0.6) is 0 Å². The summed E-state index contributed by atoms with van der Waals surface area (Å²) >= 11 is 0. The summed E-state index contributed by atoms with van der Waals surface area (Å²) in [7, 11) is 0. The van der Waals surface area contributed by atoms with Crippen LogP contribution in [0.3, 0.4) is 0 Å². The zero-order valence-electron chi connectivity index (χ0n) is 14.4. The van der Waals surface area contributed by atoms with Crippen molar-refractivity contribution in [2.24, 2.45) is 5.92 Å². The lowest BCUT2D eigenvalue weighted by Gasteiger charge is -2.29. The van der Waals surface area contributed by atoms with E-state index >= 15 is 0 Å². The van der Waals surface area contributed by atoms with Gasteiger partial charge in [0.2, 0.25) is 0 Å². The minimum atomic E-state index is -0.306. The van der Waals surface area contributed by atoms with E-state index in [-0.39, 0.29) is 5.97 Å². The topological polar surface area (TPSA) is 42.7 Å². The fourth-order valence-electron chi connectivity index (χ4n) is 3.04. The zero-order chi connectivity index (χ0) is 16.6. The molecular weight excluding hydrogens is 290 g/mol. The summed E-state index contributed by atoms with van der Waals surface area (Å²) < 4.78 is 10.9. The van der Waals surface area contributed by atoms with Gasteiger partial charge in [0.05, 0.1) is 6.61 Å². The molecule has 1 aliphatic rings. The van der Waals surface area contributed by atoms with Crippen molar-refractivity contribution in [1.82, 2.24) is 0 Å². The van der Waals surface area contributed by atoms with Crippen molar-refractivity contribution in [1.29, 1.82) is 0 Å². The highest BCUT2D eigenvalue weighted by Gasteiger charge is 2.26. The molecule has 124 valence electrons. The van der Waals surface area contributed by atoms with Crippen LogP contribution in [-0.4, -0.2) is 25.2 Å². The maximum atomic E-state index is 12.2. The number of furan rings is 1. The second kappa shape index (κ2) is 6.26. The van der Waals surface area contributed by atoms with Gasteiger partial charge in [0.1, 0.15) is 16.9 Å². The minimum absolute atomic E-state index is 0.306. The molecule has 1 fully saturated rings. The second-order valence-corrected chi connectivity index (χ2v) is 6.62. The number of aryl methyl sites for hydroxylation is 1. The molecule has 0 radical (unpaired) electrons. The number of hydrogen-bond donors (Lipinski definition) is 0. The summed E-state index contributed by atoms with van der Waals surface area (Å²) in [5.41, 5.74) is 2.44. The monoisotopic (exact) mass is 315 g/mol. The first-order valence-corrected chi connectivity index (χ1v) is 8.48. The Kier molecular flexibility index (Phi) is 4.33. The van der Waals surface area contributed by atoms with Gasteiger partial charge >= 0.3 is 5.97 Å². The molecule has 0 atom stereocenters. The summed E-state index contributed by atoms with van der Waals surface area (Å²) in [4.78, 5) is 14.7. The molecule has 1 aromatic carbocycles. The molecule has 1 aliphatic carbocycles. The lowest BCUT2D eigenvalue weighted by atomic mass is 10.1. The van der Waals surface area contributed by atoms with Gasteiger partial charge in [-0.05, 0) is 64.7 Å². The van der Waals surface area contributed by atoms with Gasteiger partial charge in [-0.3, -0.25) is 0 Å². The van der Waals surface area contributed by atoms with Gasteiger partial charge in [0, 0.05) is 23.7 Å². The van der Waals surface area contributed by atoms with E-state index in [0.717, 1.165) is 29.1 Å². The predicted molar refractivity (Wildman–Crippen MR) is 92.1 cm³/mol. The van der Waals surface area contributed by atoms with Gasteiger partial charge < -0.3 is 14.1 Å². The lowest BCUT2D eigenvalue weighted by molar-refractivity contribution is 0.0526. The molecule has 0 aliphatic heterocycles. The molecule has 1 heterocycles. The van der Waals surface area contributed by atoms with E-state index in [2.05, 4.69) is 30.9 Å². The third kappa shape index (κ3) is 3.21. The summed E-state index contributed by atoms with van der Waals surface area (Å²) in [5, 5.41) is 0.847. The van der Waals surface area contributed by atoms with Gasteiger partial charge in [-0.1, -0.05) is 0 Å². The maximum Gasteiger partial charge on any atom is 0.342 e. The average Bonchev–Trinajstić information content (AvgIpc) is 3.25. The van der Waals surface area contributed by atoms with E-state index in [0.29, 0.717) is 24.0 Å². The lowest BCUT2D eigenvalue weighted by Crippen LogP contribution is -2.32. The summed E-state index contributed by atoms with van der Waals surface area (Å²) in [6, 6.07) is 6.54. The molecule has 3 rings (SSSR count). The normalized spacial score (nSPS) is 14.5. The van der Waals surface area contributed by atoms with E-state index in [1.807, 2.05) is 19.9 Å². The van der Waals surface area contributed by atoms with E-state index in [1.165, 1.54) is 12.8 Å². The zero-order valence-corrected chi connectivity index (χ0v) is 14.4. The first-order valence-electron chi connectivity index (χ1n) is 8.48. The summed E-state index contributed by atoms with van der Waals surface area (Å²) in [6.07, 6.45) is 2.65. The molecule has 4 heteroatoms. The third-order valence-corrected chi connectivity index (χ3v) is 4.43. The highest BCUT2D eigenvalue weighted by atomic mass is 16.5. The van der Waals surface area contributed by atoms with Crippen LogP contribution in [-0.2, 0) is 4.74 Å². The van der Waals surface area contributed by atoms with Crippen LogP contribution in [0.4, 0.5) is 5.69 Å². The number of ether oxygens (including phenoxy) is 1. The Hall–Kier alpha value is -1.97. The number of carbonyl (C=O) groups is 1. The number of fused-ring (bicyclic) bond motifs is 1. The van der Waals surface area contributed by atoms with Crippen molar-refractivity contribution >= 4 is 22.6 Å². The number of carbonyl (C=O) groups excluding carboxylic acids is 1. The first kappa shape index (κ1) is 15.9. The standard InChI is InChI=1S/C19H25NO3/c1-5-22-19(21)18-13(4)23-17-9-8-15(10-16(17)18)20(12(2)3)11-14-6-7-14/h8-10,12,14H,5-7,11H2,1-4H3. The van der Waals surface area contributed by atoms with Crippen LogP contribution in [0.2, 0.25) is 0 Å². The van der Waals surface area contributed by atoms with Crippen LogP contribution >= 0.6 is 0 Å². The Morgan fingerprint density at radius 3 is 2.74 bits per heavy atom. The van der Waals surface area contributed by atoms with Crippen LogP contribution in [0.15, 0.2) is 22.6 Å². The smallest absolute Gasteiger partial charge is 0.342 e. The molecule has 0 amide bonds. The SMILES string of the molecule is CCOC(=O)c1c(C)oc2ccc(N(CC3CC3)C(C)C)cc12. The largest absolute Gasteiger partial charge is 0.462 e. The molecule has 4 nitrogen and oxygen atoms in total. The van der Waals surface area contributed by atoms with Crippen molar-refractivity contribution in [3.8, 4) is 0 Å². The molecule has 0 saturated heterocycles. The van der Waals surface area contributed by atoms with Gasteiger partial charge in [-0.2, -0.15) is 0 Å². The molecule has 1 saturated carbocycles. The first-order chi connectivity index (χ1) is 11.0. The molecule has 2 aromatic rings. The Morgan fingerprint density at radius 1 is 1.39 bits per heavy atom. The quantitative estimate of drug-likeness (QED) is 0.734. The Labute approximate surface area is 137 Å². The predicted octanol–water partition coefficient (Wildman–Crippen LogP) is 4.54. The van der Waals surface area contributed by atoms with Crippen molar-refractivity contribution in [2.45, 2.75) is 46.6 Å². The fourth-order valence-corrected chi connectivity index (χ4v) is 3.04. The Bertz CT molecular complexity index is 713. The van der Waals surface area contributed by atoms with Crippen LogP contribution in [0, 0.1) is 12.8 Å². The molecule has 0 unspecified atom stereocenters. The van der Waals surface area contributed by atoms with Gasteiger partial charge in [0.15, 0.2) is 0 Å². The molecule has 0 N–H and O–H groups in total. The second-order valence-electron chi connectivity index (χ2n) is 6.62. The van der Waals surface area contributed by atoms with Crippen LogP contribution < -0.4 is 4.90 Å². The van der Waals surface area contributed by atoms with Crippen molar-refractivity contribution < 1.29 is 13.9 Å². The number of rotatable bonds is 6. The van der Waals surface area contributed by atoms with E-state index < -0.39 is 0 Å². The van der Waals surface area contributed by atoms with Crippen LogP contribution in [0.1, 0.15) is 49.7 Å². The average molecular weight is 315 g/mol. The molecule has 1 aromatic heterocycles. The van der Waals surface area contributed by atoms with Crippen molar-refractivity contribution in [2.75, 3.05) is 18.1 Å². The van der Waals surface area contributed by atoms with Gasteiger partial charge in [-0.25, -0.2) is 4.79 Å². The number of nitrogens with zero attached hydrogens (tertiary/aromatic N) is 1. The van der Waals surface area contributed by atoms with Gasteiger partial charge in [0.25, 0.3) is 0 Å². The van der Waals surface area contributed by atoms with Crippen molar-refractivity contribution in [3.05, 3.63) is 29.5 Å². The van der Waals surface area contributed by atoms with Gasteiger partial charge in [-0.15, -0.1) is 0 Å². The Morgan fingerprint density at radius 2 is 2.13 bits per heavy atom. The van der Waals surface area contributed by atoms with E-state index in [4.69, 9.17) is 9.15 Å². The van der Waals surface area contributed by atoms with Crippen LogP contribution in [0.25, 0.3) is 11.0 Å². The number of anilines is 1. The molecule has 0 bridgehead atoms. The number of esters is 1. The maximum absolute atomic E-state index is 12.2. The third-order valence-electron chi connectivity index (χ3n) is 4.43. The molecular formula is C19H25NO3. The fraction of sp³-hybridized carbons (Fsp3) is 0.526. The highest BCUT2D eigenvalue weighted by Crippen LogP contribution is 2.35.